The second-order valence-corrected chi connectivity index (χ2v) is 5.75. The van der Waals surface area contributed by atoms with E-state index in [0.29, 0.717) is 18.1 Å². The fraction of sp³-hybridized carbons (Fsp3) is 0.533. The Bertz CT molecular complexity index is 475. The van der Waals surface area contributed by atoms with Gasteiger partial charge in [0, 0.05) is 31.2 Å². The Kier molecular flexibility index (Phi) is 5.02. The van der Waals surface area contributed by atoms with Gasteiger partial charge < -0.3 is 15.0 Å². The van der Waals surface area contributed by atoms with Crippen molar-refractivity contribution in [3.63, 3.8) is 0 Å². The average Bonchev–Trinajstić information content (AvgIpc) is 2.42. The largest absolute Gasteiger partial charge is 0.363 e. The first-order chi connectivity index (χ1) is 9.54. The predicted octanol–water partition coefficient (Wildman–Crippen LogP) is 2.07. The predicted molar refractivity (Wildman–Crippen MR) is 79.8 cm³/mol. The Balaban J connectivity index is 1.90. The lowest BCUT2D eigenvalue weighted by Crippen LogP contribution is -2.59. The molecule has 4 nitrogen and oxygen atoms in total. The first-order valence-electron chi connectivity index (χ1n) is 6.90. The third kappa shape index (κ3) is 3.72. The highest BCUT2D eigenvalue weighted by molar-refractivity contribution is 6.31. The van der Waals surface area contributed by atoms with Crippen LogP contribution in [0, 0.1) is 0 Å². The molecule has 0 aromatic heterocycles. The van der Waals surface area contributed by atoms with E-state index in [2.05, 4.69) is 5.32 Å². The maximum atomic E-state index is 12.2. The van der Waals surface area contributed by atoms with Crippen molar-refractivity contribution in [2.75, 3.05) is 26.2 Å². The van der Waals surface area contributed by atoms with Gasteiger partial charge in [-0.15, -0.1) is 0 Å². The number of rotatable bonds is 6. The number of amides is 1. The van der Waals surface area contributed by atoms with Gasteiger partial charge in [-0.2, -0.15) is 0 Å². The molecule has 1 aliphatic rings. The molecule has 1 saturated heterocycles. The lowest BCUT2D eigenvalue weighted by molar-refractivity contribution is -0.146. The molecule has 1 aromatic rings. The molecule has 1 fully saturated rings. The Morgan fingerprint density at radius 2 is 2.15 bits per heavy atom. The lowest BCUT2D eigenvalue weighted by atomic mass is 10.0. The lowest BCUT2D eigenvalue weighted by Gasteiger charge is -2.39. The normalized spacial score (nSPS) is 16.6. The molecule has 0 bridgehead atoms. The first-order valence-corrected chi connectivity index (χ1v) is 7.28. The van der Waals surface area contributed by atoms with Gasteiger partial charge in [-0.05, 0) is 25.5 Å². The van der Waals surface area contributed by atoms with Crippen LogP contribution in [0.15, 0.2) is 24.3 Å². The van der Waals surface area contributed by atoms with E-state index in [9.17, 15) is 4.79 Å². The van der Waals surface area contributed by atoms with Gasteiger partial charge in [0.05, 0.1) is 5.60 Å². The summed E-state index contributed by atoms with van der Waals surface area (Å²) in [5.41, 5.74) is 0.764. The molecule has 110 valence electrons. The highest BCUT2D eigenvalue weighted by atomic mass is 35.5. The molecule has 0 radical (unpaired) electrons. The van der Waals surface area contributed by atoms with Crippen molar-refractivity contribution in [2.45, 2.75) is 26.0 Å². The zero-order valence-electron chi connectivity index (χ0n) is 12.0. The van der Waals surface area contributed by atoms with E-state index in [1.165, 1.54) is 0 Å². The summed E-state index contributed by atoms with van der Waals surface area (Å²) in [5.74, 6) is 0.000504. The van der Waals surface area contributed by atoms with Crippen molar-refractivity contribution >= 4 is 17.5 Å². The van der Waals surface area contributed by atoms with Crippen LogP contribution in [-0.2, 0) is 16.1 Å². The van der Waals surface area contributed by atoms with Crippen molar-refractivity contribution < 1.29 is 9.53 Å². The van der Waals surface area contributed by atoms with Gasteiger partial charge in [0.25, 0.3) is 0 Å². The van der Waals surface area contributed by atoms with Gasteiger partial charge >= 0.3 is 0 Å². The van der Waals surface area contributed by atoms with E-state index in [1.54, 1.807) is 4.90 Å². The zero-order chi connectivity index (χ0) is 14.6. The van der Waals surface area contributed by atoms with Crippen LogP contribution in [0.1, 0.15) is 19.4 Å². The van der Waals surface area contributed by atoms with Crippen molar-refractivity contribution in [3.8, 4) is 0 Å². The average molecular weight is 297 g/mol. The zero-order valence-corrected chi connectivity index (χ0v) is 12.7. The van der Waals surface area contributed by atoms with E-state index in [0.717, 1.165) is 18.7 Å². The van der Waals surface area contributed by atoms with Gasteiger partial charge in [0.2, 0.25) is 5.91 Å². The van der Waals surface area contributed by atoms with Crippen LogP contribution < -0.4 is 5.32 Å². The van der Waals surface area contributed by atoms with Crippen LogP contribution in [-0.4, -0.2) is 42.6 Å². The van der Waals surface area contributed by atoms with Gasteiger partial charge in [-0.25, -0.2) is 0 Å². The van der Waals surface area contributed by atoms with Crippen LogP contribution in [0.25, 0.3) is 0 Å². The third-order valence-electron chi connectivity index (χ3n) is 3.60. The highest BCUT2D eigenvalue weighted by Gasteiger charge is 2.33. The molecule has 20 heavy (non-hydrogen) atoms. The van der Waals surface area contributed by atoms with E-state index in [-0.39, 0.29) is 18.1 Å². The fourth-order valence-electron chi connectivity index (χ4n) is 2.11. The molecule has 1 aliphatic heterocycles. The monoisotopic (exact) mass is 296 g/mol. The Hall–Kier alpha value is -1.10. The van der Waals surface area contributed by atoms with Crippen LogP contribution in [0.4, 0.5) is 0 Å². The summed E-state index contributed by atoms with van der Waals surface area (Å²) in [6.07, 6.45) is 0. The molecule has 0 saturated carbocycles. The number of hydrogen-bond acceptors (Lipinski definition) is 3. The Morgan fingerprint density at radius 3 is 2.70 bits per heavy atom. The van der Waals surface area contributed by atoms with Crippen LogP contribution in [0.5, 0.6) is 0 Å². The van der Waals surface area contributed by atoms with Crippen molar-refractivity contribution in [1.29, 1.82) is 0 Å². The fourth-order valence-corrected chi connectivity index (χ4v) is 2.31. The van der Waals surface area contributed by atoms with Gasteiger partial charge in [-0.3, -0.25) is 4.79 Å². The summed E-state index contributed by atoms with van der Waals surface area (Å²) in [4.78, 5) is 14.0. The Morgan fingerprint density at radius 1 is 1.45 bits per heavy atom. The highest BCUT2D eigenvalue weighted by Crippen LogP contribution is 2.18. The number of likely N-dealkylation sites (N-methyl/N-ethyl adjacent to an activating group) is 1. The minimum absolute atomic E-state index is 0.000504. The number of nitrogens with zero attached hydrogens (tertiary/aromatic N) is 1. The van der Waals surface area contributed by atoms with Crippen molar-refractivity contribution in [3.05, 3.63) is 34.9 Å². The number of benzene rings is 1. The second-order valence-electron chi connectivity index (χ2n) is 5.34. The maximum absolute atomic E-state index is 12.2. The van der Waals surface area contributed by atoms with E-state index in [4.69, 9.17) is 16.3 Å². The molecule has 2 rings (SSSR count). The quantitative estimate of drug-likeness (QED) is 0.874. The van der Waals surface area contributed by atoms with Crippen LogP contribution in [0.2, 0.25) is 5.02 Å². The summed E-state index contributed by atoms with van der Waals surface area (Å²) >= 11 is 6.13. The first kappa shape index (κ1) is 15.3. The molecule has 5 heteroatoms. The molecule has 1 amide bonds. The summed E-state index contributed by atoms with van der Waals surface area (Å²) in [6.45, 7) is 6.86. The topological polar surface area (TPSA) is 41.6 Å². The molecule has 1 aromatic carbocycles. The van der Waals surface area contributed by atoms with Crippen molar-refractivity contribution in [1.82, 2.24) is 10.2 Å². The van der Waals surface area contributed by atoms with Crippen molar-refractivity contribution in [2.24, 2.45) is 0 Å². The number of nitrogens with one attached hydrogen (secondary N) is 1. The molecule has 1 N–H and O–H groups in total. The molecule has 0 aliphatic carbocycles. The summed E-state index contributed by atoms with van der Waals surface area (Å²) < 4.78 is 5.69. The number of ether oxygens (including phenoxy) is 1. The van der Waals surface area contributed by atoms with Crippen LogP contribution in [0.3, 0.4) is 0 Å². The van der Waals surface area contributed by atoms with E-state index in [1.807, 2.05) is 38.1 Å². The van der Waals surface area contributed by atoms with Crippen LogP contribution >= 0.6 is 11.6 Å². The molecular formula is C15H21ClN2O2. The molecule has 0 spiro atoms. The van der Waals surface area contributed by atoms with E-state index >= 15 is 0 Å². The van der Waals surface area contributed by atoms with Gasteiger partial charge in [-0.1, -0.05) is 29.8 Å². The third-order valence-corrected chi connectivity index (χ3v) is 3.96. The number of halogens is 1. The molecular weight excluding hydrogens is 276 g/mol. The molecule has 1 heterocycles. The number of carbonyl (C=O) groups is 1. The number of carbonyl (C=O) groups excluding carboxylic acids is 1. The summed E-state index contributed by atoms with van der Waals surface area (Å²) in [6, 6.07) is 7.59. The van der Waals surface area contributed by atoms with Gasteiger partial charge in [0.15, 0.2) is 0 Å². The Labute approximate surface area is 125 Å². The summed E-state index contributed by atoms with van der Waals surface area (Å²) in [7, 11) is 0. The number of hydrogen-bond donors (Lipinski definition) is 1. The van der Waals surface area contributed by atoms with E-state index < -0.39 is 0 Å². The smallest absolute Gasteiger partial charge is 0.248 e. The minimum Gasteiger partial charge on any atom is -0.363 e. The molecule has 0 atom stereocenters. The van der Waals surface area contributed by atoms with Gasteiger partial charge in [0.1, 0.15) is 6.61 Å². The SMILES string of the molecule is CCN(Cc1ccccc1Cl)C(=O)COC1(C)CNC1. The minimum atomic E-state index is -0.195. The maximum Gasteiger partial charge on any atom is 0.248 e. The molecule has 0 unspecified atom stereocenters. The summed E-state index contributed by atoms with van der Waals surface area (Å²) in [5, 5.41) is 3.84. The standard InChI is InChI=1S/C15H21ClN2O2/c1-3-18(8-12-6-4-5-7-13(12)16)14(19)9-20-15(2)10-17-11-15/h4-7,17H,3,8-11H2,1-2H3. The second kappa shape index (κ2) is 6.57.